The number of aromatic nitrogens is 1. The van der Waals surface area contributed by atoms with Crippen molar-refractivity contribution in [1.82, 2.24) is 4.57 Å². The van der Waals surface area contributed by atoms with Crippen LogP contribution >= 0.6 is 11.3 Å². The minimum Gasteiger partial charge on any atom is -0.507 e. The number of fused-ring (bicyclic) bond motifs is 2. The van der Waals surface area contributed by atoms with Crippen LogP contribution in [0.1, 0.15) is 31.0 Å². The number of carbonyl (C=O) groups is 1. The summed E-state index contributed by atoms with van der Waals surface area (Å²) >= 11 is 1.20. The summed E-state index contributed by atoms with van der Waals surface area (Å²) in [5.74, 6) is 0.682. The number of para-hydroxylation sites is 1. The van der Waals surface area contributed by atoms with Crippen molar-refractivity contribution in [3.8, 4) is 17.2 Å². The second-order valence-electron chi connectivity index (χ2n) is 7.47. The summed E-state index contributed by atoms with van der Waals surface area (Å²) in [5, 5.41) is 10.1. The number of benzene rings is 2. The van der Waals surface area contributed by atoms with Crippen molar-refractivity contribution in [3.63, 3.8) is 0 Å². The molecule has 0 radical (unpaired) electrons. The highest BCUT2D eigenvalue weighted by Gasteiger charge is 2.34. The number of aromatic hydroxyl groups is 1. The molecule has 0 amide bonds. The molecule has 0 aliphatic carbocycles. The van der Waals surface area contributed by atoms with Gasteiger partial charge in [-0.25, -0.2) is 9.79 Å². The van der Waals surface area contributed by atoms with E-state index in [0.29, 0.717) is 37.7 Å². The zero-order valence-corrected chi connectivity index (χ0v) is 18.7. The summed E-state index contributed by atoms with van der Waals surface area (Å²) in [7, 11) is 0. The summed E-state index contributed by atoms with van der Waals surface area (Å²) in [6, 6.07) is 11.3. The third kappa shape index (κ3) is 3.60. The Balaban J connectivity index is 1.74. The second-order valence-corrected chi connectivity index (χ2v) is 8.48. The summed E-state index contributed by atoms with van der Waals surface area (Å²) in [6.07, 6.45) is 1.62. The monoisotopic (exact) mass is 464 g/mol. The number of rotatable bonds is 4. The molecule has 3 heterocycles. The van der Waals surface area contributed by atoms with Gasteiger partial charge in [0.25, 0.3) is 5.56 Å². The maximum atomic E-state index is 13.5. The molecular weight excluding hydrogens is 444 g/mol. The quantitative estimate of drug-likeness (QED) is 0.595. The molecule has 0 fully saturated rings. The van der Waals surface area contributed by atoms with E-state index in [0.717, 1.165) is 0 Å². The van der Waals surface area contributed by atoms with E-state index in [1.54, 1.807) is 62.4 Å². The lowest BCUT2D eigenvalue weighted by Crippen LogP contribution is -2.39. The van der Waals surface area contributed by atoms with Gasteiger partial charge in [0.1, 0.15) is 5.75 Å². The van der Waals surface area contributed by atoms with Gasteiger partial charge in [-0.1, -0.05) is 35.6 Å². The fourth-order valence-corrected chi connectivity index (χ4v) is 4.98. The molecule has 33 heavy (non-hydrogen) atoms. The van der Waals surface area contributed by atoms with Gasteiger partial charge in [-0.2, -0.15) is 0 Å². The van der Waals surface area contributed by atoms with Gasteiger partial charge >= 0.3 is 5.97 Å². The molecule has 0 spiro atoms. The largest absolute Gasteiger partial charge is 0.507 e. The van der Waals surface area contributed by atoms with Crippen LogP contribution in [-0.2, 0) is 9.53 Å². The smallest absolute Gasteiger partial charge is 0.338 e. The van der Waals surface area contributed by atoms with Gasteiger partial charge in [0.05, 0.1) is 28.5 Å². The van der Waals surface area contributed by atoms with E-state index < -0.39 is 12.0 Å². The highest BCUT2D eigenvalue weighted by molar-refractivity contribution is 7.07. The Labute approximate surface area is 192 Å². The number of esters is 1. The van der Waals surface area contributed by atoms with Crippen LogP contribution < -0.4 is 24.4 Å². The molecule has 9 heteroatoms. The summed E-state index contributed by atoms with van der Waals surface area (Å²) in [5.41, 5.74) is 1.64. The first-order chi connectivity index (χ1) is 16.0. The molecule has 1 N–H and O–H groups in total. The van der Waals surface area contributed by atoms with Crippen LogP contribution in [0.3, 0.4) is 0 Å². The minimum absolute atomic E-state index is 0.0686. The van der Waals surface area contributed by atoms with Crippen molar-refractivity contribution in [3.05, 3.63) is 84.5 Å². The number of thiazole rings is 1. The van der Waals surface area contributed by atoms with E-state index >= 15 is 0 Å². The summed E-state index contributed by atoms with van der Waals surface area (Å²) in [6.45, 7) is 3.76. The van der Waals surface area contributed by atoms with E-state index in [1.165, 1.54) is 15.9 Å². The Morgan fingerprint density at radius 3 is 2.85 bits per heavy atom. The van der Waals surface area contributed by atoms with Gasteiger partial charge in [0.2, 0.25) is 6.79 Å². The topological polar surface area (TPSA) is 99.4 Å². The normalized spacial score (nSPS) is 17.0. The minimum atomic E-state index is -0.749. The number of carbonyl (C=O) groups excluding carboxylic acids is 1. The number of allylic oxidation sites excluding steroid dienone is 1. The molecule has 2 aliphatic heterocycles. The summed E-state index contributed by atoms with van der Waals surface area (Å²) in [4.78, 5) is 31.5. The average molecular weight is 464 g/mol. The molecule has 1 atom stereocenters. The molecule has 3 aromatic rings. The average Bonchev–Trinajstić information content (AvgIpc) is 3.38. The van der Waals surface area contributed by atoms with Crippen molar-refractivity contribution < 1.29 is 24.1 Å². The van der Waals surface area contributed by atoms with Crippen LogP contribution in [-0.4, -0.2) is 29.0 Å². The first-order valence-corrected chi connectivity index (χ1v) is 11.2. The first-order valence-electron chi connectivity index (χ1n) is 10.3. The van der Waals surface area contributed by atoms with Crippen molar-refractivity contribution >= 4 is 23.4 Å². The van der Waals surface area contributed by atoms with E-state index in [-0.39, 0.29) is 30.3 Å². The lowest BCUT2D eigenvalue weighted by molar-refractivity contribution is -0.139. The number of hydrogen-bond donors (Lipinski definition) is 1. The summed E-state index contributed by atoms with van der Waals surface area (Å²) < 4.78 is 18.1. The Hall–Kier alpha value is -3.85. The highest BCUT2D eigenvalue weighted by Crippen LogP contribution is 2.38. The zero-order chi connectivity index (χ0) is 23.1. The molecule has 2 aliphatic rings. The Morgan fingerprint density at radius 1 is 1.27 bits per heavy atom. The van der Waals surface area contributed by atoms with Gasteiger partial charge < -0.3 is 19.3 Å². The van der Waals surface area contributed by atoms with Crippen LogP contribution in [0.5, 0.6) is 17.2 Å². The van der Waals surface area contributed by atoms with Crippen LogP contribution in [0, 0.1) is 0 Å². The lowest BCUT2D eigenvalue weighted by Gasteiger charge is -2.24. The lowest BCUT2D eigenvalue weighted by atomic mass is 9.95. The molecule has 2 aromatic carbocycles. The number of nitrogens with zero attached hydrogens (tertiary/aromatic N) is 2. The molecule has 0 bridgehead atoms. The zero-order valence-electron chi connectivity index (χ0n) is 17.9. The van der Waals surface area contributed by atoms with Crippen molar-refractivity contribution in [2.45, 2.75) is 19.9 Å². The maximum Gasteiger partial charge on any atom is 0.338 e. The van der Waals surface area contributed by atoms with Crippen molar-refractivity contribution in [2.75, 3.05) is 13.4 Å². The van der Waals surface area contributed by atoms with E-state index in [4.69, 9.17) is 14.2 Å². The van der Waals surface area contributed by atoms with Gasteiger partial charge in [-0.15, -0.1) is 0 Å². The molecular formula is C24H20N2O6S. The number of phenols is 1. The molecule has 0 saturated carbocycles. The fraction of sp³-hybridized carbons (Fsp3) is 0.208. The van der Waals surface area contributed by atoms with Crippen LogP contribution in [0.2, 0.25) is 0 Å². The number of hydrogen-bond acceptors (Lipinski definition) is 8. The number of phenolic OH excluding ortho intramolecular Hbond substituents is 1. The van der Waals surface area contributed by atoms with Gasteiger partial charge in [0, 0.05) is 5.56 Å². The third-order valence-electron chi connectivity index (χ3n) is 5.45. The molecule has 168 valence electrons. The van der Waals surface area contributed by atoms with Crippen LogP contribution in [0.25, 0.3) is 6.08 Å². The highest BCUT2D eigenvalue weighted by atomic mass is 32.1. The molecule has 8 nitrogen and oxygen atoms in total. The van der Waals surface area contributed by atoms with Gasteiger partial charge in [0.15, 0.2) is 16.3 Å². The SMILES string of the molecule is CCOC(=O)C1=C(C)N=c2s/c(=C/c3ccccc3O)c(=O)n2C1c1ccc2c(c1)OCO2. The van der Waals surface area contributed by atoms with Crippen molar-refractivity contribution in [2.24, 2.45) is 4.99 Å². The van der Waals surface area contributed by atoms with Crippen LogP contribution in [0.15, 0.2) is 63.5 Å². The number of ether oxygens (including phenoxy) is 3. The standard InChI is InChI=1S/C24H20N2O6S/c1-3-30-23(29)20-13(2)25-24-26(21(20)15-8-9-17-18(10-15)32-12-31-17)22(28)19(33-24)11-14-6-4-5-7-16(14)27/h4-11,21,27H,3,12H2,1-2H3/b19-11+. The Kier molecular flexibility index (Phi) is 5.26. The molecule has 1 unspecified atom stereocenters. The van der Waals surface area contributed by atoms with Crippen molar-refractivity contribution in [1.29, 1.82) is 0 Å². The third-order valence-corrected chi connectivity index (χ3v) is 6.44. The van der Waals surface area contributed by atoms with E-state index in [1.807, 2.05) is 0 Å². The fourth-order valence-electron chi connectivity index (χ4n) is 3.94. The predicted molar refractivity (Wildman–Crippen MR) is 121 cm³/mol. The molecule has 1 aromatic heterocycles. The van der Waals surface area contributed by atoms with E-state index in [2.05, 4.69) is 4.99 Å². The van der Waals surface area contributed by atoms with Gasteiger partial charge in [-0.05, 0) is 43.7 Å². The predicted octanol–water partition coefficient (Wildman–Crippen LogP) is 2.23. The van der Waals surface area contributed by atoms with Crippen LogP contribution in [0.4, 0.5) is 0 Å². The Bertz CT molecular complexity index is 1480. The molecule has 5 rings (SSSR count). The van der Waals surface area contributed by atoms with Gasteiger partial charge in [-0.3, -0.25) is 9.36 Å². The Morgan fingerprint density at radius 2 is 2.06 bits per heavy atom. The maximum absolute atomic E-state index is 13.5. The second kappa shape index (κ2) is 8.25. The first kappa shape index (κ1) is 21.0. The molecule has 0 saturated heterocycles. The van der Waals surface area contributed by atoms with E-state index in [9.17, 15) is 14.7 Å².